The largest absolute Gasteiger partial charge is 0.573 e. The maximum Gasteiger partial charge on any atom is 0.573 e. The smallest absolute Gasteiger partial charge is 0.464 e. The Labute approximate surface area is 171 Å². The van der Waals surface area contributed by atoms with E-state index < -0.39 is 22.9 Å². The fourth-order valence-electron chi connectivity index (χ4n) is 3.46. The van der Waals surface area contributed by atoms with Crippen LogP contribution in [0.4, 0.5) is 13.2 Å². The van der Waals surface area contributed by atoms with Gasteiger partial charge in [0.15, 0.2) is 0 Å². The van der Waals surface area contributed by atoms with Crippen molar-refractivity contribution in [2.24, 2.45) is 5.92 Å². The second-order valence-corrected chi connectivity index (χ2v) is 8.38. The Balaban J connectivity index is 1.84. The molecule has 0 N–H and O–H groups in total. The highest BCUT2D eigenvalue weighted by Crippen LogP contribution is 2.42. The molecule has 158 valence electrons. The highest BCUT2D eigenvalue weighted by atomic mass is 32.2. The molecule has 2 atom stereocenters. The fourth-order valence-corrected chi connectivity index (χ4v) is 4.33. The lowest BCUT2D eigenvalue weighted by Crippen LogP contribution is -2.18. The van der Waals surface area contributed by atoms with Crippen LogP contribution in [0.3, 0.4) is 0 Å². The average molecular weight is 438 g/mol. The Hall–Kier alpha value is -2.88. The van der Waals surface area contributed by atoms with Crippen LogP contribution >= 0.6 is 0 Å². The number of halogens is 3. The predicted molar refractivity (Wildman–Crippen MR) is 104 cm³/mol. The molecule has 3 aromatic rings. The van der Waals surface area contributed by atoms with Crippen LogP contribution in [0.15, 0.2) is 50.0 Å². The highest BCUT2D eigenvalue weighted by Gasteiger charge is 2.36. The number of rotatable bonds is 4. The summed E-state index contributed by atoms with van der Waals surface area (Å²) in [5, 5.41) is 8.50. The van der Waals surface area contributed by atoms with Crippen molar-refractivity contribution in [2.75, 3.05) is 6.26 Å². The highest BCUT2D eigenvalue weighted by molar-refractivity contribution is 7.88. The Kier molecular flexibility index (Phi) is 5.05. The number of furan rings is 1. The van der Waals surface area contributed by atoms with E-state index in [9.17, 15) is 17.4 Å². The van der Waals surface area contributed by atoms with E-state index in [0.29, 0.717) is 39.5 Å². The number of hydrogen-bond donors (Lipinski definition) is 0. The Morgan fingerprint density at radius 1 is 1.27 bits per heavy atom. The molecule has 0 saturated carbocycles. The summed E-state index contributed by atoms with van der Waals surface area (Å²) in [6.07, 6.45) is -0.577. The third-order valence-electron chi connectivity index (χ3n) is 4.81. The first-order valence-corrected chi connectivity index (χ1v) is 10.5. The van der Waals surface area contributed by atoms with Gasteiger partial charge in [-0.1, -0.05) is 6.92 Å². The molecule has 1 aliphatic carbocycles. The van der Waals surface area contributed by atoms with Crippen molar-refractivity contribution < 1.29 is 31.0 Å². The lowest BCUT2D eigenvalue weighted by Gasteiger charge is -2.24. The van der Waals surface area contributed by atoms with Crippen LogP contribution < -0.4 is 0 Å². The predicted octanol–water partition coefficient (Wildman–Crippen LogP) is 5.34. The van der Waals surface area contributed by atoms with E-state index in [4.69, 9.17) is 8.83 Å². The van der Waals surface area contributed by atoms with Crippen LogP contribution in [-0.2, 0) is 15.5 Å². The first-order valence-electron chi connectivity index (χ1n) is 8.98. The summed E-state index contributed by atoms with van der Waals surface area (Å²) in [5.41, 5.74) is 2.44. The van der Waals surface area contributed by atoms with Gasteiger partial charge in [0.25, 0.3) is 0 Å². The molecule has 1 aliphatic rings. The number of allylic oxidation sites excluding steroid dienone is 3. The molecule has 2 unspecified atom stereocenters. The third-order valence-corrected chi connectivity index (χ3v) is 5.88. The lowest BCUT2D eigenvalue weighted by atomic mass is 9.87. The summed E-state index contributed by atoms with van der Waals surface area (Å²) in [4.78, 5) is 0.124. The van der Waals surface area contributed by atoms with Crippen molar-refractivity contribution in [1.29, 1.82) is 0 Å². The summed E-state index contributed by atoms with van der Waals surface area (Å²) in [5.74, 6) is 0.117. The minimum atomic E-state index is -4.89. The van der Waals surface area contributed by atoms with Crippen molar-refractivity contribution in [3.63, 3.8) is 0 Å². The van der Waals surface area contributed by atoms with Gasteiger partial charge in [-0.3, -0.25) is 4.21 Å². The van der Waals surface area contributed by atoms with Crippen molar-refractivity contribution >= 4 is 27.3 Å². The zero-order valence-corrected chi connectivity index (χ0v) is 17.1. The zero-order valence-electron chi connectivity index (χ0n) is 16.2. The van der Waals surface area contributed by atoms with Crippen LogP contribution in [0.5, 0.6) is 0 Å². The first kappa shape index (κ1) is 20.4. The second-order valence-electron chi connectivity index (χ2n) is 6.98. The zero-order chi connectivity index (χ0) is 21.6. The van der Waals surface area contributed by atoms with Gasteiger partial charge in [0.05, 0.1) is 11.2 Å². The van der Waals surface area contributed by atoms with E-state index >= 15 is 0 Å². The summed E-state index contributed by atoms with van der Waals surface area (Å²) in [6, 6.07) is 5.28. The van der Waals surface area contributed by atoms with Gasteiger partial charge < -0.3 is 13.6 Å². The number of nitrogens with zero attached hydrogens (tertiary/aromatic N) is 2. The minimum absolute atomic E-state index is 0.124. The van der Waals surface area contributed by atoms with Gasteiger partial charge in [-0.2, -0.15) is 0 Å². The van der Waals surface area contributed by atoms with E-state index in [1.807, 2.05) is 6.92 Å². The lowest BCUT2D eigenvalue weighted by molar-refractivity contribution is -0.303. The fraction of sp³-hybridized carbons (Fsp3) is 0.300. The van der Waals surface area contributed by atoms with Gasteiger partial charge in [0, 0.05) is 40.5 Å². The Bertz CT molecular complexity index is 1210. The average Bonchev–Trinajstić information content (AvgIpc) is 3.27. The normalized spacial score (nSPS) is 18.6. The molecule has 0 bridgehead atoms. The number of benzene rings is 1. The van der Waals surface area contributed by atoms with Crippen molar-refractivity contribution in [3.8, 4) is 11.5 Å². The van der Waals surface area contributed by atoms with Gasteiger partial charge in [0.1, 0.15) is 11.3 Å². The first-order chi connectivity index (χ1) is 14.1. The standard InChI is InChI=1S/C20H17F3N2O4S/c1-10-6-18(30(3)26)17(29-20(21,22)23)8-13(10)15-9-27-16-5-4-12(7-14(15)16)19-25-24-11(2)28-19/h4-5,7-10H,6H2,1-3H3. The van der Waals surface area contributed by atoms with Crippen LogP contribution in [-0.4, -0.2) is 27.0 Å². The number of fused-ring (bicyclic) bond motifs is 1. The molecule has 0 saturated heterocycles. The van der Waals surface area contributed by atoms with Crippen molar-refractivity contribution in [2.45, 2.75) is 26.6 Å². The molecule has 1 aromatic carbocycles. The van der Waals surface area contributed by atoms with Crippen LogP contribution in [0.2, 0.25) is 0 Å². The van der Waals surface area contributed by atoms with Gasteiger partial charge in [-0.25, -0.2) is 0 Å². The Morgan fingerprint density at radius 3 is 2.67 bits per heavy atom. The van der Waals surface area contributed by atoms with Crippen LogP contribution in [0.25, 0.3) is 28.0 Å². The number of aryl methyl sites for hydroxylation is 1. The second kappa shape index (κ2) is 7.42. The molecule has 6 nitrogen and oxygen atoms in total. The van der Waals surface area contributed by atoms with Crippen LogP contribution in [0, 0.1) is 12.8 Å². The Morgan fingerprint density at radius 2 is 2.03 bits per heavy atom. The summed E-state index contributed by atoms with van der Waals surface area (Å²) in [6.45, 7) is 3.53. The monoisotopic (exact) mass is 438 g/mol. The molecule has 0 spiro atoms. The molecule has 2 aromatic heterocycles. The number of alkyl halides is 3. The number of aromatic nitrogens is 2. The molecule has 4 rings (SSSR count). The molecule has 0 amide bonds. The maximum absolute atomic E-state index is 12.9. The SMILES string of the molecule is Cc1nnc(-c2ccc3occ(C4=CC(OC(F)(F)F)=C(S(C)=O)CC4C)c3c2)o1. The third kappa shape index (κ3) is 3.91. The molecule has 0 radical (unpaired) electrons. The van der Waals surface area contributed by atoms with E-state index in [-0.39, 0.29) is 17.2 Å². The van der Waals surface area contributed by atoms with Gasteiger partial charge in [-0.05, 0) is 42.2 Å². The number of ether oxygens (including phenoxy) is 1. The van der Waals surface area contributed by atoms with Crippen LogP contribution in [0.1, 0.15) is 24.8 Å². The van der Waals surface area contributed by atoms with E-state index in [1.54, 1.807) is 25.1 Å². The molecule has 30 heavy (non-hydrogen) atoms. The van der Waals surface area contributed by atoms with E-state index in [2.05, 4.69) is 14.9 Å². The molecule has 0 aliphatic heterocycles. The van der Waals surface area contributed by atoms with E-state index in [0.717, 1.165) is 0 Å². The maximum atomic E-state index is 12.9. The summed E-state index contributed by atoms with van der Waals surface area (Å²) >= 11 is 0. The van der Waals surface area contributed by atoms with Gasteiger partial charge in [0.2, 0.25) is 11.8 Å². The summed E-state index contributed by atoms with van der Waals surface area (Å²) in [7, 11) is -1.59. The number of hydrogen-bond acceptors (Lipinski definition) is 6. The molecule has 2 heterocycles. The molecular weight excluding hydrogens is 421 g/mol. The molecule has 10 heteroatoms. The van der Waals surface area contributed by atoms with E-state index in [1.165, 1.54) is 18.6 Å². The van der Waals surface area contributed by atoms with Crippen molar-refractivity contribution in [3.05, 3.63) is 52.7 Å². The topological polar surface area (TPSA) is 78.4 Å². The summed E-state index contributed by atoms with van der Waals surface area (Å²) < 4.78 is 66.0. The molecular formula is C20H17F3N2O4S. The quantitative estimate of drug-likeness (QED) is 0.547. The van der Waals surface area contributed by atoms with Crippen molar-refractivity contribution in [1.82, 2.24) is 10.2 Å². The van der Waals surface area contributed by atoms with Gasteiger partial charge >= 0.3 is 6.36 Å². The minimum Gasteiger partial charge on any atom is -0.464 e. The molecule has 0 fully saturated rings. The van der Waals surface area contributed by atoms with Gasteiger partial charge in [-0.15, -0.1) is 23.4 Å².